The summed E-state index contributed by atoms with van der Waals surface area (Å²) in [5.74, 6) is -0.285. The van der Waals surface area contributed by atoms with Gasteiger partial charge in [0.1, 0.15) is 5.82 Å². The molecular weight excluding hydrogens is 221 g/mol. The molecule has 0 bridgehead atoms. The maximum atomic E-state index is 13.2. The second-order valence-corrected chi connectivity index (χ2v) is 3.71. The molecule has 0 aliphatic carbocycles. The molecule has 0 amide bonds. The van der Waals surface area contributed by atoms with Gasteiger partial charge in [-0.15, -0.1) is 6.58 Å². The lowest BCUT2D eigenvalue weighted by Gasteiger charge is -2.11. The Balaban J connectivity index is 2.19. The molecule has 0 aromatic heterocycles. The monoisotopic (exact) mass is 239 g/mol. The molecular formula is C13H18FNO2. The molecule has 4 heteroatoms. The van der Waals surface area contributed by atoms with Crippen LogP contribution in [0.5, 0.6) is 0 Å². The molecule has 17 heavy (non-hydrogen) atoms. The van der Waals surface area contributed by atoms with Crippen molar-refractivity contribution in [2.45, 2.75) is 12.7 Å². The number of hydrogen-bond donors (Lipinski definition) is 2. The lowest BCUT2D eigenvalue weighted by atomic mass is 10.2. The molecule has 3 nitrogen and oxygen atoms in total. The first-order valence-electron chi connectivity index (χ1n) is 5.55. The van der Waals surface area contributed by atoms with Crippen molar-refractivity contribution in [1.29, 1.82) is 0 Å². The molecule has 1 unspecified atom stereocenters. The summed E-state index contributed by atoms with van der Waals surface area (Å²) in [4.78, 5) is 0. The zero-order valence-electron chi connectivity index (χ0n) is 9.73. The van der Waals surface area contributed by atoms with Crippen LogP contribution in [0.25, 0.3) is 0 Å². The van der Waals surface area contributed by atoms with Gasteiger partial charge in [0.2, 0.25) is 0 Å². The maximum Gasteiger partial charge on any atom is 0.128 e. The number of benzene rings is 1. The van der Waals surface area contributed by atoms with Crippen molar-refractivity contribution in [1.82, 2.24) is 5.32 Å². The first-order chi connectivity index (χ1) is 8.24. The fourth-order valence-corrected chi connectivity index (χ4v) is 1.33. The second kappa shape index (κ2) is 7.95. The fraction of sp³-hybridized carbons (Fsp3) is 0.385. The molecule has 1 aromatic carbocycles. The lowest BCUT2D eigenvalue weighted by Crippen LogP contribution is -2.30. The van der Waals surface area contributed by atoms with Gasteiger partial charge >= 0.3 is 0 Å². The van der Waals surface area contributed by atoms with Crippen molar-refractivity contribution in [2.24, 2.45) is 0 Å². The van der Waals surface area contributed by atoms with E-state index in [1.807, 2.05) is 0 Å². The maximum absolute atomic E-state index is 13.2. The summed E-state index contributed by atoms with van der Waals surface area (Å²) >= 11 is 0. The Morgan fingerprint density at radius 2 is 2.24 bits per heavy atom. The standard InChI is InChI=1S/C13H18FNO2/c1-2-7-15-8-12(16)10-17-9-11-5-3-4-6-13(11)14/h2-6,12,15-16H,1,7-10H2. The van der Waals surface area contributed by atoms with E-state index in [-0.39, 0.29) is 19.0 Å². The van der Waals surface area contributed by atoms with Crippen molar-refractivity contribution < 1.29 is 14.2 Å². The van der Waals surface area contributed by atoms with E-state index in [0.29, 0.717) is 18.7 Å². The van der Waals surface area contributed by atoms with E-state index in [4.69, 9.17) is 4.74 Å². The summed E-state index contributed by atoms with van der Waals surface area (Å²) in [6.07, 6.45) is 1.12. The summed E-state index contributed by atoms with van der Waals surface area (Å²) in [5, 5.41) is 12.5. The average molecular weight is 239 g/mol. The van der Waals surface area contributed by atoms with E-state index >= 15 is 0 Å². The minimum Gasteiger partial charge on any atom is -0.389 e. The molecule has 2 N–H and O–H groups in total. The van der Waals surface area contributed by atoms with E-state index in [2.05, 4.69) is 11.9 Å². The van der Waals surface area contributed by atoms with Gasteiger partial charge in [-0.05, 0) is 6.07 Å². The van der Waals surface area contributed by atoms with Gasteiger partial charge in [-0.3, -0.25) is 0 Å². The van der Waals surface area contributed by atoms with E-state index in [1.54, 1.807) is 24.3 Å². The molecule has 1 aromatic rings. The molecule has 0 saturated carbocycles. The van der Waals surface area contributed by atoms with Gasteiger partial charge in [-0.2, -0.15) is 0 Å². The van der Waals surface area contributed by atoms with Crippen molar-refractivity contribution in [3.63, 3.8) is 0 Å². The highest BCUT2D eigenvalue weighted by atomic mass is 19.1. The van der Waals surface area contributed by atoms with Crippen LogP contribution in [-0.4, -0.2) is 30.9 Å². The molecule has 0 aliphatic rings. The van der Waals surface area contributed by atoms with Crippen molar-refractivity contribution in [2.75, 3.05) is 19.7 Å². The van der Waals surface area contributed by atoms with Gasteiger partial charge in [0.15, 0.2) is 0 Å². The van der Waals surface area contributed by atoms with Crippen LogP contribution in [0.3, 0.4) is 0 Å². The Labute approximate surface area is 101 Å². The van der Waals surface area contributed by atoms with Crippen LogP contribution in [0.2, 0.25) is 0 Å². The van der Waals surface area contributed by atoms with E-state index < -0.39 is 6.10 Å². The fourth-order valence-electron chi connectivity index (χ4n) is 1.33. The number of ether oxygens (including phenoxy) is 1. The quantitative estimate of drug-likeness (QED) is 0.533. The first kappa shape index (κ1) is 13.8. The van der Waals surface area contributed by atoms with Crippen LogP contribution in [0.4, 0.5) is 4.39 Å². The van der Waals surface area contributed by atoms with Gasteiger partial charge in [0.25, 0.3) is 0 Å². The van der Waals surface area contributed by atoms with Crippen LogP contribution in [0, 0.1) is 5.82 Å². The smallest absolute Gasteiger partial charge is 0.128 e. The summed E-state index contributed by atoms with van der Waals surface area (Å²) < 4.78 is 18.4. The van der Waals surface area contributed by atoms with Gasteiger partial charge in [0, 0.05) is 18.7 Å². The Morgan fingerprint density at radius 3 is 2.94 bits per heavy atom. The van der Waals surface area contributed by atoms with E-state index in [0.717, 1.165) is 0 Å². The third kappa shape index (κ3) is 5.58. The number of halogens is 1. The normalized spacial score (nSPS) is 12.4. The lowest BCUT2D eigenvalue weighted by molar-refractivity contribution is 0.0283. The highest BCUT2D eigenvalue weighted by Crippen LogP contribution is 2.07. The average Bonchev–Trinajstić information content (AvgIpc) is 2.32. The molecule has 0 spiro atoms. The molecule has 94 valence electrons. The largest absolute Gasteiger partial charge is 0.389 e. The van der Waals surface area contributed by atoms with Crippen molar-refractivity contribution in [3.05, 3.63) is 48.3 Å². The third-order valence-electron chi connectivity index (χ3n) is 2.19. The molecule has 1 rings (SSSR count). The Morgan fingerprint density at radius 1 is 1.47 bits per heavy atom. The minimum atomic E-state index is -0.596. The highest BCUT2D eigenvalue weighted by molar-refractivity contribution is 5.16. The predicted octanol–water partition coefficient (Wildman–Crippen LogP) is 1.48. The molecule has 0 saturated heterocycles. The summed E-state index contributed by atoms with van der Waals surface area (Å²) in [5.41, 5.74) is 0.499. The van der Waals surface area contributed by atoms with E-state index in [9.17, 15) is 9.50 Å². The van der Waals surface area contributed by atoms with Crippen LogP contribution >= 0.6 is 0 Å². The number of aliphatic hydroxyl groups excluding tert-OH is 1. The number of aliphatic hydroxyl groups is 1. The van der Waals surface area contributed by atoms with E-state index in [1.165, 1.54) is 6.07 Å². The van der Waals surface area contributed by atoms with Gasteiger partial charge in [-0.1, -0.05) is 24.3 Å². The zero-order valence-corrected chi connectivity index (χ0v) is 9.73. The predicted molar refractivity (Wildman–Crippen MR) is 65.1 cm³/mol. The third-order valence-corrected chi connectivity index (χ3v) is 2.19. The van der Waals surface area contributed by atoms with Crippen LogP contribution < -0.4 is 5.32 Å². The van der Waals surface area contributed by atoms with Crippen molar-refractivity contribution >= 4 is 0 Å². The molecule has 0 fully saturated rings. The van der Waals surface area contributed by atoms with Crippen molar-refractivity contribution in [3.8, 4) is 0 Å². The van der Waals surface area contributed by atoms with Crippen LogP contribution in [0.1, 0.15) is 5.56 Å². The number of rotatable bonds is 8. The summed E-state index contributed by atoms with van der Waals surface area (Å²) in [6.45, 7) is 4.98. The molecule has 1 atom stereocenters. The summed E-state index contributed by atoms with van der Waals surface area (Å²) in [7, 11) is 0. The molecule has 0 radical (unpaired) electrons. The zero-order chi connectivity index (χ0) is 12.5. The minimum absolute atomic E-state index is 0.172. The Kier molecular flexibility index (Phi) is 6.47. The summed E-state index contributed by atoms with van der Waals surface area (Å²) in [6, 6.07) is 6.44. The Bertz CT molecular complexity index is 344. The first-order valence-corrected chi connectivity index (χ1v) is 5.55. The van der Waals surface area contributed by atoms with Gasteiger partial charge in [0.05, 0.1) is 19.3 Å². The van der Waals surface area contributed by atoms with Crippen LogP contribution in [-0.2, 0) is 11.3 Å². The number of nitrogens with one attached hydrogen (secondary N) is 1. The molecule has 0 aliphatic heterocycles. The van der Waals surface area contributed by atoms with Crippen LogP contribution in [0.15, 0.2) is 36.9 Å². The highest BCUT2D eigenvalue weighted by Gasteiger charge is 2.05. The van der Waals surface area contributed by atoms with Gasteiger partial charge in [-0.25, -0.2) is 4.39 Å². The second-order valence-electron chi connectivity index (χ2n) is 3.71. The number of hydrogen-bond acceptors (Lipinski definition) is 3. The SMILES string of the molecule is C=CCNCC(O)COCc1ccccc1F. The topological polar surface area (TPSA) is 41.5 Å². The van der Waals surface area contributed by atoms with Gasteiger partial charge < -0.3 is 15.2 Å². The Hall–Kier alpha value is -1.23. The molecule has 0 heterocycles.